The highest BCUT2D eigenvalue weighted by molar-refractivity contribution is 5.26. The van der Waals surface area contributed by atoms with Crippen LogP contribution in [-0.4, -0.2) is 21.9 Å². The van der Waals surface area contributed by atoms with Gasteiger partial charge < -0.3 is 10.2 Å². The molecule has 0 amide bonds. The highest BCUT2D eigenvalue weighted by Crippen LogP contribution is 2.67. The maximum Gasteiger partial charge on any atom is 0.0657 e. The van der Waals surface area contributed by atoms with Crippen LogP contribution in [0.5, 0.6) is 0 Å². The van der Waals surface area contributed by atoms with Crippen LogP contribution >= 0.6 is 0 Å². The van der Waals surface area contributed by atoms with Gasteiger partial charge in [-0.3, -0.25) is 0 Å². The molecule has 2 N–H and O–H groups in total. The minimum absolute atomic E-state index is 0.143. The summed E-state index contributed by atoms with van der Waals surface area (Å²) in [6, 6.07) is 0. The summed E-state index contributed by atoms with van der Waals surface area (Å²) in [7, 11) is 0. The zero-order valence-corrected chi connectivity index (χ0v) is 23.6. The normalized spacial score (nSPS) is 44.6. The van der Waals surface area contributed by atoms with E-state index in [1.165, 1.54) is 51.4 Å². The first-order valence-electron chi connectivity index (χ1n) is 15.0. The lowest BCUT2D eigenvalue weighted by molar-refractivity contribution is -0.0780. The summed E-state index contributed by atoms with van der Waals surface area (Å²) >= 11 is 0. The highest BCUT2D eigenvalue weighted by atomic mass is 16.3. The molecular formula is C32H56O2. The second kappa shape index (κ2) is 9.85. The molecule has 0 radical (unpaired) electrons. The van der Waals surface area contributed by atoms with Gasteiger partial charge in [-0.1, -0.05) is 66.0 Å². The van der Waals surface area contributed by atoms with Gasteiger partial charge in [0.05, 0.1) is 11.7 Å². The van der Waals surface area contributed by atoms with Gasteiger partial charge in [-0.05, 0) is 123 Å². The predicted octanol–water partition coefficient (Wildman–Crippen LogP) is 8.17. The first-order valence-corrected chi connectivity index (χ1v) is 15.0. The number of aliphatic hydroxyl groups is 2. The zero-order valence-electron chi connectivity index (χ0n) is 23.6. The van der Waals surface area contributed by atoms with Crippen LogP contribution in [0, 0.1) is 52.3 Å². The lowest BCUT2D eigenvalue weighted by Crippen LogP contribution is -2.52. The van der Waals surface area contributed by atoms with Crippen LogP contribution in [-0.2, 0) is 0 Å². The van der Waals surface area contributed by atoms with Crippen LogP contribution in [0.15, 0.2) is 11.6 Å². The zero-order chi connectivity index (χ0) is 24.9. The average Bonchev–Trinajstić information content (AvgIpc) is 3.13. The van der Waals surface area contributed by atoms with Crippen molar-refractivity contribution >= 4 is 0 Å². The maximum atomic E-state index is 11.3. The van der Waals surface area contributed by atoms with E-state index in [-0.39, 0.29) is 6.10 Å². The first kappa shape index (κ1) is 26.7. The van der Waals surface area contributed by atoms with E-state index in [1.807, 2.05) is 6.92 Å². The Labute approximate surface area is 211 Å². The number of fused-ring (bicyclic) bond motifs is 5. The molecule has 196 valence electrons. The molecular weight excluding hydrogens is 416 g/mol. The molecule has 2 heteroatoms. The average molecular weight is 473 g/mol. The standard InChI is InChI=1S/C32H56O2/c1-21(2)8-9-22(3)10-15-29(33)23(4)26-13-14-27-25-12-11-24-20-30(5,34)18-19-31(24,6)28(25)16-17-32(26,27)7/h11,21-23,25-29,33-34H,8-10,12-20H2,1-7H3/t22?,23-,25-,26+,27-,28-,29-,30-,31-,32+/m0/s1. The van der Waals surface area contributed by atoms with Crippen molar-refractivity contribution < 1.29 is 10.2 Å². The summed E-state index contributed by atoms with van der Waals surface area (Å²) in [4.78, 5) is 0. The molecule has 0 aromatic rings. The van der Waals surface area contributed by atoms with Crippen LogP contribution in [0.2, 0.25) is 0 Å². The summed E-state index contributed by atoms with van der Waals surface area (Å²) in [6.07, 6.45) is 16.8. The molecule has 0 heterocycles. The molecule has 0 bridgehead atoms. The van der Waals surface area contributed by atoms with Crippen LogP contribution in [0.3, 0.4) is 0 Å². The van der Waals surface area contributed by atoms with Crippen molar-refractivity contribution in [2.75, 3.05) is 0 Å². The van der Waals surface area contributed by atoms with Crippen molar-refractivity contribution in [2.24, 2.45) is 52.3 Å². The first-order chi connectivity index (χ1) is 15.9. The second-order valence-electron chi connectivity index (χ2n) is 14.7. The molecule has 4 rings (SSSR count). The summed E-state index contributed by atoms with van der Waals surface area (Å²) in [5.41, 5.74) is 1.77. The Kier molecular flexibility index (Phi) is 7.74. The molecule has 2 nitrogen and oxygen atoms in total. The van der Waals surface area contributed by atoms with Crippen molar-refractivity contribution in [3.05, 3.63) is 11.6 Å². The largest absolute Gasteiger partial charge is 0.393 e. The number of allylic oxidation sites excluding steroid dienone is 1. The molecule has 4 aliphatic rings. The Hall–Kier alpha value is -0.340. The maximum absolute atomic E-state index is 11.3. The van der Waals surface area contributed by atoms with Gasteiger partial charge in [0.2, 0.25) is 0 Å². The third-order valence-electron chi connectivity index (χ3n) is 11.9. The minimum Gasteiger partial charge on any atom is -0.393 e. The van der Waals surface area contributed by atoms with Crippen LogP contribution < -0.4 is 0 Å². The van der Waals surface area contributed by atoms with E-state index in [2.05, 4.69) is 47.6 Å². The fraction of sp³-hybridized carbons (Fsp3) is 0.938. The number of hydrogen-bond donors (Lipinski definition) is 2. The number of hydrogen-bond acceptors (Lipinski definition) is 2. The monoisotopic (exact) mass is 472 g/mol. The lowest BCUT2D eigenvalue weighted by Gasteiger charge is -2.59. The molecule has 34 heavy (non-hydrogen) atoms. The Morgan fingerprint density at radius 1 is 0.882 bits per heavy atom. The number of aliphatic hydroxyl groups excluding tert-OH is 1. The minimum atomic E-state index is -0.502. The van der Waals surface area contributed by atoms with Gasteiger partial charge in [-0.25, -0.2) is 0 Å². The van der Waals surface area contributed by atoms with Gasteiger partial charge in [-0.2, -0.15) is 0 Å². The smallest absolute Gasteiger partial charge is 0.0657 e. The molecule has 3 fully saturated rings. The highest BCUT2D eigenvalue weighted by Gasteiger charge is 2.60. The van der Waals surface area contributed by atoms with Crippen LogP contribution in [0.25, 0.3) is 0 Å². The van der Waals surface area contributed by atoms with Gasteiger partial charge in [0, 0.05) is 0 Å². The molecule has 0 aromatic heterocycles. The van der Waals surface area contributed by atoms with Crippen LogP contribution in [0.1, 0.15) is 126 Å². The van der Waals surface area contributed by atoms with Gasteiger partial charge >= 0.3 is 0 Å². The third kappa shape index (κ3) is 4.93. The molecule has 1 unspecified atom stereocenters. The molecule has 0 aromatic carbocycles. The Bertz CT molecular complexity index is 737. The van der Waals surface area contributed by atoms with Crippen molar-refractivity contribution in [1.29, 1.82) is 0 Å². The van der Waals surface area contributed by atoms with Crippen molar-refractivity contribution in [2.45, 2.75) is 137 Å². The van der Waals surface area contributed by atoms with E-state index >= 15 is 0 Å². The third-order valence-corrected chi connectivity index (χ3v) is 11.9. The second-order valence-corrected chi connectivity index (χ2v) is 14.7. The Balaban J connectivity index is 1.41. The summed E-state index contributed by atoms with van der Waals surface area (Å²) < 4.78 is 0. The summed E-state index contributed by atoms with van der Waals surface area (Å²) in [5.74, 6) is 5.01. The van der Waals surface area contributed by atoms with E-state index in [4.69, 9.17) is 0 Å². The topological polar surface area (TPSA) is 40.5 Å². The van der Waals surface area contributed by atoms with E-state index in [0.717, 1.165) is 55.3 Å². The van der Waals surface area contributed by atoms with Gasteiger partial charge in [-0.15, -0.1) is 0 Å². The van der Waals surface area contributed by atoms with Gasteiger partial charge in [0.15, 0.2) is 0 Å². The lowest BCUT2D eigenvalue weighted by atomic mass is 9.46. The fourth-order valence-electron chi connectivity index (χ4n) is 9.46. The molecule has 0 spiro atoms. The van der Waals surface area contributed by atoms with Crippen molar-refractivity contribution in [3.63, 3.8) is 0 Å². The van der Waals surface area contributed by atoms with Gasteiger partial charge in [0.25, 0.3) is 0 Å². The molecule has 3 saturated carbocycles. The van der Waals surface area contributed by atoms with E-state index in [0.29, 0.717) is 22.7 Å². The molecule has 4 aliphatic carbocycles. The SMILES string of the molecule is CC(C)CCC(C)CC[C@H](O)[C@@H](C)[C@H]1CC[C@H]2[C@@H]3CC=C4C[C@@](C)(O)CC[C@]4(C)[C@H]3CC[C@]12C. The number of rotatable bonds is 8. The van der Waals surface area contributed by atoms with Gasteiger partial charge in [0.1, 0.15) is 0 Å². The molecule has 0 aliphatic heterocycles. The van der Waals surface area contributed by atoms with Crippen molar-refractivity contribution in [1.82, 2.24) is 0 Å². The van der Waals surface area contributed by atoms with Crippen molar-refractivity contribution in [3.8, 4) is 0 Å². The van der Waals surface area contributed by atoms with E-state index in [9.17, 15) is 10.2 Å². The fourth-order valence-corrected chi connectivity index (χ4v) is 9.46. The molecule has 0 saturated heterocycles. The Morgan fingerprint density at radius 2 is 1.59 bits per heavy atom. The van der Waals surface area contributed by atoms with E-state index < -0.39 is 5.60 Å². The predicted molar refractivity (Wildman–Crippen MR) is 143 cm³/mol. The Morgan fingerprint density at radius 3 is 2.29 bits per heavy atom. The summed E-state index contributed by atoms with van der Waals surface area (Å²) in [6.45, 7) is 16.6. The summed E-state index contributed by atoms with van der Waals surface area (Å²) in [5, 5.41) is 22.0. The quantitative estimate of drug-likeness (QED) is 0.350. The van der Waals surface area contributed by atoms with E-state index in [1.54, 1.807) is 5.57 Å². The van der Waals surface area contributed by atoms with Crippen LogP contribution in [0.4, 0.5) is 0 Å². The molecule has 10 atom stereocenters.